The Labute approximate surface area is 98.4 Å². The molecule has 0 bridgehead atoms. The normalized spacial score (nSPS) is 10.5. The van der Waals surface area contributed by atoms with Crippen molar-refractivity contribution in [3.05, 3.63) is 10.8 Å². The Bertz CT molecular complexity index is 315. The molecule has 2 N–H and O–H groups in total. The van der Waals surface area contributed by atoms with Crippen LogP contribution in [0.15, 0.2) is 10.8 Å². The molecule has 0 aliphatic carbocycles. The quantitative estimate of drug-likeness (QED) is 0.846. The van der Waals surface area contributed by atoms with Gasteiger partial charge in [0.25, 0.3) is 0 Å². The number of likely N-dealkylation sites (N-methyl/N-ethyl adjacent to an activating group) is 1. The highest BCUT2D eigenvalue weighted by molar-refractivity contribution is 9.10. The van der Waals surface area contributed by atoms with Crippen molar-refractivity contribution in [3.8, 4) is 0 Å². The fraction of sp³-hybridized carbons (Fsp3) is 0.556. The average molecular weight is 274 g/mol. The smallest absolute Gasteiger partial charge is 0.145 e. The summed E-state index contributed by atoms with van der Waals surface area (Å²) < 4.78 is 0.867. The van der Waals surface area contributed by atoms with Crippen molar-refractivity contribution in [1.82, 2.24) is 14.9 Å². The molecule has 0 spiro atoms. The van der Waals surface area contributed by atoms with Crippen molar-refractivity contribution in [2.75, 3.05) is 44.9 Å². The van der Waals surface area contributed by atoms with E-state index in [-0.39, 0.29) is 0 Å². The molecule has 1 heterocycles. The first-order valence-corrected chi connectivity index (χ1v) is 5.51. The van der Waals surface area contributed by atoms with Gasteiger partial charge in [-0.15, -0.1) is 0 Å². The molecule has 15 heavy (non-hydrogen) atoms. The molecular weight excluding hydrogens is 258 g/mol. The van der Waals surface area contributed by atoms with Gasteiger partial charge in [-0.05, 0) is 30.0 Å². The van der Waals surface area contributed by atoms with Crippen LogP contribution in [0.2, 0.25) is 0 Å². The van der Waals surface area contributed by atoms with Gasteiger partial charge >= 0.3 is 0 Å². The largest absolute Gasteiger partial charge is 0.372 e. The van der Waals surface area contributed by atoms with Crippen LogP contribution in [0.5, 0.6) is 0 Å². The summed E-state index contributed by atoms with van der Waals surface area (Å²) in [6.07, 6.45) is 1.54. The number of hydrogen-bond acceptors (Lipinski definition) is 5. The Kier molecular flexibility index (Phi) is 4.77. The van der Waals surface area contributed by atoms with Gasteiger partial charge in [0.2, 0.25) is 0 Å². The minimum absolute atomic E-state index is 0.789. The number of anilines is 2. The van der Waals surface area contributed by atoms with Gasteiger partial charge in [-0.3, -0.25) is 0 Å². The minimum Gasteiger partial charge on any atom is -0.372 e. The van der Waals surface area contributed by atoms with Crippen molar-refractivity contribution in [2.45, 2.75) is 0 Å². The van der Waals surface area contributed by atoms with E-state index in [0.29, 0.717) is 0 Å². The summed E-state index contributed by atoms with van der Waals surface area (Å²) >= 11 is 3.45. The van der Waals surface area contributed by atoms with Gasteiger partial charge in [0.05, 0.1) is 0 Å². The van der Waals surface area contributed by atoms with Gasteiger partial charge < -0.3 is 15.5 Å². The number of nitrogens with zero attached hydrogens (tertiary/aromatic N) is 3. The van der Waals surface area contributed by atoms with Gasteiger partial charge in [0.15, 0.2) is 0 Å². The van der Waals surface area contributed by atoms with Crippen LogP contribution < -0.4 is 10.6 Å². The van der Waals surface area contributed by atoms with Crippen molar-refractivity contribution < 1.29 is 0 Å². The second-order valence-corrected chi connectivity index (χ2v) is 4.16. The van der Waals surface area contributed by atoms with Crippen LogP contribution >= 0.6 is 15.9 Å². The first kappa shape index (κ1) is 12.2. The van der Waals surface area contributed by atoms with E-state index in [9.17, 15) is 0 Å². The summed E-state index contributed by atoms with van der Waals surface area (Å²) in [7, 11) is 5.90. The van der Waals surface area contributed by atoms with Gasteiger partial charge in [0.1, 0.15) is 22.4 Å². The molecule has 0 unspecified atom stereocenters. The summed E-state index contributed by atoms with van der Waals surface area (Å²) in [4.78, 5) is 10.3. The Hall–Kier alpha value is -0.880. The van der Waals surface area contributed by atoms with Crippen molar-refractivity contribution in [3.63, 3.8) is 0 Å². The van der Waals surface area contributed by atoms with Gasteiger partial charge in [-0.2, -0.15) is 0 Å². The molecule has 5 nitrogen and oxygen atoms in total. The number of hydrogen-bond donors (Lipinski definition) is 2. The third-order valence-corrected chi connectivity index (χ3v) is 2.63. The third-order valence-electron chi connectivity index (χ3n) is 1.88. The van der Waals surface area contributed by atoms with E-state index >= 15 is 0 Å². The number of halogens is 1. The molecule has 0 aliphatic rings. The van der Waals surface area contributed by atoms with E-state index in [1.165, 1.54) is 6.33 Å². The highest BCUT2D eigenvalue weighted by Crippen LogP contribution is 2.25. The van der Waals surface area contributed by atoms with E-state index in [4.69, 9.17) is 0 Å². The Morgan fingerprint density at radius 1 is 1.33 bits per heavy atom. The fourth-order valence-electron chi connectivity index (χ4n) is 1.07. The van der Waals surface area contributed by atoms with Crippen LogP contribution in [0.1, 0.15) is 0 Å². The second-order valence-electron chi connectivity index (χ2n) is 3.36. The summed E-state index contributed by atoms with van der Waals surface area (Å²) in [5.74, 6) is 1.61. The molecule has 0 saturated carbocycles. The maximum Gasteiger partial charge on any atom is 0.145 e. The van der Waals surface area contributed by atoms with E-state index in [2.05, 4.69) is 41.4 Å². The van der Waals surface area contributed by atoms with Crippen LogP contribution in [0.4, 0.5) is 11.6 Å². The SMILES string of the molecule is CNc1ncnc(NCCN(C)C)c1Br. The first-order valence-electron chi connectivity index (χ1n) is 4.72. The number of aromatic nitrogens is 2. The lowest BCUT2D eigenvalue weighted by atomic mass is 10.5. The average Bonchev–Trinajstić information content (AvgIpc) is 2.20. The lowest BCUT2D eigenvalue weighted by Crippen LogP contribution is -2.21. The highest BCUT2D eigenvalue weighted by atomic mass is 79.9. The van der Waals surface area contributed by atoms with Crippen LogP contribution in [0.3, 0.4) is 0 Å². The first-order chi connectivity index (χ1) is 7.15. The molecule has 0 aliphatic heterocycles. The van der Waals surface area contributed by atoms with E-state index in [1.807, 2.05) is 21.1 Å². The lowest BCUT2D eigenvalue weighted by molar-refractivity contribution is 0.425. The molecular formula is C9H16BrN5. The fourth-order valence-corrected chi connectivity index (χ4v) is 1.61. The summed E-state index contributed by atoms with van der Waals surface area (Å²) in [5, 5.41) is 6.23. The highest BCUT2D eigenvalue weighted by Gasteiger charge is 2.06. The van der Waals surface area contributed by atoms with Crippen LogP contribution in [-0.2, 0) is 0 Å². The van der Waals surface area contributed by atoms with Crippen LogP contribution in [0.25, 0.3) is 0 Å². The molecule has 0 aromatic carbocycles. The van der Waals surface area contributed by atoms with Gasteiger partial charge in [0, 0.05) is 20.1 Å². The molecule has 0 atom stereocenters. The van der Waals surface area contributed by atoms with Crippen molar-refractivity contribution >= 4 is 27.6 Å². The standard InChI is InChI=1S/C9H16BrN5/c1-11-8-7(10)9(14-6-13-8)12-4-5-15(2)3/h6H,4-5H2,1-3H3,(H2,11,12,13,14). The zero-order chi connectivity index (χ0) is 11.3. The Morgan fingerprint density at radius 2 is 2.00 bits per heavy atom. The van der Waals surface area contributed by atoms with Crippen molar-refractivity contribution in [1.29, 1.82) is 0 Å². The molecule has 6 heteroatoms. The predicted octanol–water partition coefficient (Wildman–Crippen LogP) is 1.25. The van der Waals surface area contributed by atoms with Crippen LogP contribution in [-0.4, -0.2) is 49.1 Å². The number of nitrogens with one attached hydrogen (secondary N) is 2. The number of rotatable bonds is 5. The second kappa shape index (κ2) is 5.87. The minimum atomic E-state index is 0.789. The van der Waals surface area contributed by atoms with Gasteiger partial charge in [-0.1, -0.05) is 0 Å². The molecule has 1 rings (SSSR count). The van der Waals surface area contributed by atoms with E-state index < -0.39 is 0 Å². The summed E-state index contributed by atoms with van der Waals surface area (Å²) in [6.45, 7) is 1.82. The summed E-state index contributed by atoms with van der Waals surface area (Å²) in [5.41, 5.74) is 0. The Morgan fingerprint density at radius 3 is 2.60 bits per heavy atom. The molecule has 0 saturated heterocycles. The third kappa shape index (κ3) is 3.64. The zero-order valence-corrected chi connectivity index (χ0v) is 10.8. The molecule has 0 fully saturated rings. The molecule has 1 aromatic heterocycles. The molecule has 0 amide bonds. The van der Waals surface area contributed by atoms with Crippen LogP contribution in [0, 0.1) is 0 Å². The molecule has 84 valence electrons. The zero-order valence-electron chi connectivity index (χ0n) is 9.21. The molecule has 1 aromatic rings. The van der Waals surface area contributed by atoms with Crippen molar-refractivity contribution in [2.24, 2.45) is 0 Å². The topological polar surface area (TPSA) is 53.1 Å². The Balaban J connectivity index is 2.61. The lowest BCUT2D eigenvalue weighted by Gasteiger charge is -2.12. The van der Waals surface area contributed by atoms with E-state index in [1.54, 1.807) is 0 Å². The maximum absolute atomic E-state index is 4.16. The van der Waals surface area contributed by atoms with Gasteiger partial charge in [-0.25, -0.2) is 9.97 Å². The molecule has 0 radical (unpaired) electrons. The monoisotopic (exact) mass is 273 g/mol. The predicted molar refractivity (Wildman–Crippen MR) is 66.3 cm³/mol. The maximum atomic E-state index is 4.16. The summed E-state index contributed by atoms with van der Waals surface area (Å²) in [6, 6.07) is 0. The van der Waals surface area contributed by atoms with E-state index in [0.717, 1.165) is 29.2 Å².